The highest BCUT2D eigenvalue weighted by atomic mass is 35.5. The number of imidazole rings is 1. The van der Waals surface area contributed by atoms with Crippen molar-refractivity contribution in [3.8, 4) is 0 Å². The Morgan fingerprint density at radius 1 is 1.63 bits per heavy atom. The lowest BCUT2D eigenvalue weighted by Gasteiger charge is -2.13. The maximum atomic E-state index is 5.93. The van der Waals surface area contributed by atoms with E-state index in [1.54, 1.807) is 19.4 Å². The zero-order valence-corrected chi connectivity index (χ0v) is 12.3. The van der Waals surface area contributed by atoms with E-state index in [-0.39, 0.29) is 5.92 Å². The van der Waals surface area contributed by atoms with Gasteiger partial charge >= 0.3 is 0 Å². The second-order valence-corrected chi connectivity index (χ2v) is 5.28. The van der Waals surface area contributed by atoms with Crippen LogP contribution >= 0.6 is 23.8 Å². The molecule has 5 nitrogen and oxygen atoms in total. The van der Waals surface area contributed by atoms with Crippen molar-refractivity contribution in [2.45, 2.75) is 20.1 Å². The maximum Gasteiger partial charge on any atom is 0.160 e. The number of hydrogen-bond donors (Lipinski definition) is 1. The van der Waals surface area contributed by atoms with Crippen LogP contribution in [-0.4, -0.2) is 26.6 Å². The lowest BCUT2D eigenvalue weighted by Crippen LogP contribution is -2.24. The molecule has 0 bridgehead atoms. The van der Waals surface area contributed by atoms with Crippen molar-refractivity contribution in [3.05, 3.63) is 23.1 Å². The fraction of sp³-hybridized carbons (Fsp3) is 0.417. The molecule has 0 aliphatic rings. The molecule has 0 fully saturated rings. The molecule has 7 heteroatoms. The number of rotatable bonds is 5. The highest BCUT2D eigenvalue weighted by molar-refractivity contribution is 7.80. The fourth-order valence-electron chi connectivity index (χ4n) is 1.83. The molecule has 2 aromatic rings. The number of methoxy groups -OCH3 is 1. The zero-order chi connectivity index (χ0) is 14.0. The van der Waals surface area contributed by atoms with Crippen LogP contribution in [0.5, 0.6) is 0 Å². The van der Waals surface area contributed by atoms with Gasteiger partial charge in [0.2, 0.25) is 0 Å². The number of thiocarbonyl (C=S) groups is 1. The van der Waals surface area contributed by atoms with E-state index in [4.69, 9.17) is 34.3 Å². The first-order valence-electron chi connectivity index (χ1n) is 5.82. The molecule has 0 aliphatic carbocycles. The van der Waals surface area contributed by atoms with Gasteiger partial charge in [0.05, 0.1) is 10.0 Å². The number of nitrogens with two attached hydrogens (primary N) is 1. The van der Waals surface area contributed by atoms with E-state index in [1.165, 1.54) is 0 Å². The normalized spacial score (nSPS) is 12.8. The highest BCUT2D eigenvalue weighted by Crippen LogP contribution is 2.20. The number of ether oxygens (including phenoxy) is 1. The lowest BCUT2D eigenvalue weighted by molar-refractivity contribution is 0.174. The minimum atomic E-state index is 0.0560. The van der Waals surface area contributed by atoms with Crippen LogP contribution in [0, 0.1) is 5.92 Å². The van der Waals surface area contributed by atoms with Gasteiger partial charge in [-0.3, -0.25) is 0 Å². The molecule has 0 aliphatic heterocycles. The Balaban J connectivity index is 2.48. The average molecular weight is 299 g/mol. The summed E-state index contributed by atoms with van der Waals surface area (Å²) >= 11 is 10.9. The zero-order valence-electron chi connectivity index (χ0n) is 10.8. The highest BCUT2D eigenvalue weighted by Gasteiger charge is 2.15. The van der Waals surface area contributed by atoms with Crippen LogP contribution in [0.25, 0.3) is 11.2 Å². The third kappa shape index (κ3) is 3.02. The minimum Gasteiger partial charge on any atom is -0.393 e. The van der Waals surface area contributed by atoms with Gasteiger partial charge < -0.3 is 15.0 Å². The molecule has 0 aromatic carbocycles. The summed E-state index contributed by atoms with van der Waals surface area (Å²) in [5, 5.41) is 0.559. The van der Waals surface area contributed by atoms with Crippen molar-refractivity contribution in [1.82, 2.24) is 14.5 Å². The Morgan fingerprint density at radius 2 is 2.37 bits per heavy atom. The first-order chi connectivity index (χ1) is 9.02. The number of hydrogen-bond acceptors (Lipinski definition) is 4. The fourth-order valence-corrected chi connectivity index (χ4v) is 2.05. The SMILES string of the molecule is COCc1nc2cc(Cl)cnc2n1CC(C)C(N)=S. The van der Waals surface area contributed by atoms with Gasteiger partial charge in [0.1, 0.15) is 17.9 Å². The Morgan fingerprint density at radius 3 is 3.00 bits per heavy atom. The molecule has 2 rings (SSSR count). The van der Waals surface area contributed by atoms with Crippen LogP contribution in [0.4, 0.5) is 0 Å². The number of nitrogens with zero attached hydrogens (tertiary/aromatic N) is 3. The van der Waals surface area contributed by atoms with E-state index in [2.05, 4.69) is 9.97 Å². The minimum absolute atomic E-state index is 0.0560. The molecule has 0 saturated carbocycles. The Labute approximate surface area is 121 Å². The van der Waals surface area contributed by atoms with Gasteiger partial charge in [-0.15, -0.1) is 0 Å². The van der Waals surface area contributed by atoms with Crippen molar-refractivity contribution in [2.24, 2.45) is 11.7 Å². The van der Waals surface area contributed by atoms with Gasteiger partial charge in [-0.05, 0) is 6.07 Å². The molecule has 19 heavy (non-hydrogen) atoms. The van der Waals surface area contributed by atoms with Gasteiger partial charge in [0, 0.05) is 25.8 Å². The molecule has 0 saturated heterocycles. The third-order valence-electron chi connectivity index (χ3n) is 2.85. The predicted molar refractivity (Wildman–Crippen MR) is 79.2 cm³/mol. The quantitative estimate of drug-likeness (QED) is 0.857. The molecule has 2 N–H and O–H groups in total. The second kappa shape index (κ2) is 5.81. The Kier molecular flexibility index (Phi) is 4.34. The lowest BCUT2D eigenvalue weighted by atomic mass is 10.2. The Hall–Kier alpha value is -1.24. The number of fused-ring (bicyclic) bond motifs is 1. The third-order valence-corrected chi connectivity index (χ3v) is 3.46. The number of halogens is 1. The van der Waals surface area contributed by atoms with Crippen molar-refractivity contribution in [3.63, 3.8) is 0 Å². The van der Waals surface area contributed by atoms with Crippen LogP contribution in [0.3, 0.4) is 0 Å². The first kappa shape index (κ1) is 14.2. The van der Waals surface area contributed by atoms with E-state index in [0.29, 0.717) is 23.2 Å². The summed E-state index contributed by atoms with van der Waals surface area (Å²) in [6, 6.07) is 1.78. The number of pyridine rings is 1. The Bertz CT molecular complexity index is 613. The van der Waals surface area contributed by atoms with Crippen LogP contribution < -0.4 is 5.73 Å². The van der Waals surface area contributed by atoms with E-state index >= 15 is 0 Å². The van der Waals surface area contributed by atoms with Crippen molar-refractivity contribution >= 4 is 40.0 Å². The number of aromatic nitrogens is 3. The van der Waals surface area contributed by atoms with Crippen LogP contribution in [0.1, 0.15) is 12.7 Å². The first-order valence-corrected chi connectivity index (χ1v) is 6.60. The van der Waals surface area contributed by atoms with E-state index in [1.807, 2.05) is 11.5 Å². The molecule has 1 unspecified atom stereocenters. The summed E-state index contributed by atoms with van der Waals surface area (Å²) in [5.74, 6) is 0.843. The van der Waals surface area contributed by atoms with Crippen molar-refractivity contribution in [2.75, 3.05) is 7.11 Å². The molecule has 1 atom stereocenters. The summed E-state index contributed by atoms with van der Waals surface area (Å²) in [6.07, 6.45) is 1.60. The van der Waals surface area contributed by atoms with Gasteiger partial charge in [-0.25, -0.2) is 9.97 Å². The summed E-state index contributed by atoms with van der Waals surface area (Å²) in [4.78, 5) is 9.28. The largest absolute Gasteiger partial charge is 0.393 e. The molecule has 0 amide bonds. The van der Waals surface area contributed by atoms with Crippen molar-refractivity contribution in [1.29, 1.82) is 0 Å². The monoisotopic (exact) mass is 298 g/mol. The average Bonchev–Trinajstić information content (AvgIpc) is 2.67. The van der Waals surface area contributed by atoms with E-state index in [0.717, 1.165) is 17.0 Å². The molecule has 2 aromatic heterocycles. The van der Waals surface area contributed by atoms with E-state index < -0.39 is 0 Å². The molecular weight excluding hydrogens is 284 g/mol. The van der Waals surface area contributed by atoms with Gasteiger partial charge in [0.25, 0.3) is 0 Å². The summed E-state index contributed by atoms with van der Waals surface area (Å²) in [6.45, 7) is 3.00. The molecule has 102 valence electrons. The van der Waals surface area contributed by atoms with Crippen LogP contribution in [0.2, 0.25) is 5.02 Å². The van der Waals surface area contributed by atoms with Crippen LogP contribution in [-0.2, 0) is 17.9 Å². The van der Waals surface area contributed by atoms with Gasteiger partial charge in [0.15, 0.2) is 5.65 Å². The predicted octanol–water partition coefficient (Wildman–Crippen LogP) is 2.15. The maximum absolute atomic E-state index is 5.93. The second-order valence-electron chi connectivity index (χ2n) is 4.37. The topological polar surface area (TPSA) is 66.0 Å². The van der Waals surface area contributed by atoms with Crippen molar-refractivity contribution < 1.29 is 4.74 Å². The van der Waals surface area contributed by atoms with E-state index in [9.17, 15) is 0 Å². The molecular formula is C12H15ClN4OS. The summed E-state index contributed by atoms with van der Waals surface area (Å²) in [5.41, 5.74) is 7.18. The van der Waals surface area contributed by atoms with Gasteiger partial charge in [-0.1, -0.05) is 30.7 Å². The van der Waals surface area contributed by atoms with Gasteiger partial charge in [-0.2, -0.15) is 0 Å². The summed E-state index contributed by atoms with van der Waals surface area (Å²) < 4.78 is 7.13. The standard InChI is InChI=1S/C12H15ClN4OS/c1-7(11(14)19)5-17-10(6-18-2)16-9-3-8(13)4-15-12(9)17/h3-4,7H,5-6H2,1-2H3,(H2,14,19). The summed E-state index contributed by atoms with van der Waals surface area (Å²) in [7, 11) is 1.63. The molecule has 0 spiro atoms. The smallest absolute Gasteiger partial charge is 0.160 e. The molecule has 2 heterocycles. The molecule has 0 radical (unpaired) electrons. The van der Waals surface area contributed by atoms with Crippen LogP contribution in [0.15, 0.2) is 12.3 Å².